The van der Waals surface area contributed by atoms with Crippen molar-refractivity contribution < 1.29 is 9.13 Å². The van der Waals surface area contributed by atoms with Gasteiger partial charge in [0.1, 0.15) is 6.10 Å². The van der Waals surface area contributed by atoms with Gasteiger partial charge in [0.2, 0.25) is 0 Å². The van der Waals surface area contributed by atoms with E-state index in [1.807, 2.05) is 37.8 Å². The molecule has 0 saturated heterocycles. The molecule has 0 spiro atoms. The molecule has 8 heteroatoms. The highest BCUT2D eigenvalue weighted by atomic mass is 127. The highest BCUT2D eigenvalue weighted by Gasteiger charge is 2.11. The first kappa shape index (κ1) is 23.2. The van der Waals surface area contributed by atoms with Gasteiger partial charge < -0.3 is 15.4 Å². The van der Waals surface area contributed by atoms with Gasteiger partial charge in [0.25, 0.3) is 0 Å². The van der Waals surface area contributed by atoms with Crippen molar-refractivity contribution in [2.75, 3.05) is 19.6 Å². The summed E-state index contributed by atoms with van der Waals surface area (Å²) in [7, 11) is 0. The fourth-order valence-electron chi connectivity index (χ4n) is 2.38. The lowest BCUT2D eigenvalue weighted by Gasteiger charge is -2.17. The summed E-state index contributed by atoms with van der Waals surface area (Å²) in [6.07, 6.45) is 4.40. The lowest BCUT2D eigenvalue weighted by Crippen LogP contribution is -2.39. The minimum atomic E-state index is -0.352. The number of ether oxygens (including phenoxy) is 1. The van der Waals surface area contributed by atoms with Crippen molar-refractivity contribution in [3.8, 4) is 5.75 Å². The molecule has 150 valence electrons. The number of aromatic nitrogens is 2. The number of hydrogen-bond donors (Lipinski definition) is 2. The molecular weight excluding hydrogens is 460 g/mol. The Bertz CT molecular complexity index is 707. The zero-order chi connectivity index (χ0) is 18.8. The van der Waals surface area contributed by atoms with E-state index in [4.69, 9.17) is 4.74 Å². The molecule has 27 heavy (non-hydrogen) atoms. The van der Waals surface area contributed by atoms with E-state index < -0.39 is 0 Å². The van der Waals surface area contributed by atoms with Crippen LogP contribution in [0.3, 0.4) is 0 Å². The Kier molecular flexibility index (Phi) is 10.8. The minimum absolute atomic E-state index is 0. The maximum atomic E-state index is 13.7. The fraction of sp³-hybridized carbons (Fsp3) is 0.474. The molecule has 0 amide bonds. The van der Waals surface area contributed by atoms with Crippen molar-refractivity contribution in [1.82, 2.24) is 20.4 Å². The third-order valence-corrected chi connectivity index (χ3v) is 3.78. The van der Waals surface area contributed by atoms with Crippen LogP contribution in [0.15, 0.2) is 41.7 Å². The van der Waals surface area contributed by atoms with Crippen molar-refractivity contribution in [2.45, 2.75) is 39.8 Å². The Balaban J connectivity index is 0.00000364. The van der Waals surface area contributed by atoms with E-state index in [1.165, 1.54) is 6.07 Å². The average molecular weight is 489 g/mol. The molecule has 2 rings (SSSR count). The van der Waals surface area contributed by atoms with E-state index in [0.29, 0.717) is 19.0 Å². The fourth-order valence-corrected chi connectivity index (χ4v) is 2.38. The summed E-state index contributed by atoms with van der Waals surface area (Å²) in [5.74, 6) is 0.628. The summed E-state index contributed by atoms with van der Waals surface area (Å²) in [6, 6.07) is 6.44. The highest BCUT2D eigenvalue weighted by molar-refractivity contribution is 14.0. The van der Waals surface area contributed by atoms with Crippen LogP contribution >= 0.6 is 24.0 Å². The summed E-state index contributed by atoms with van der Waals surface area (Å²) in [5.41, 5.74) is 1.14. The topological polar surface area (TPSA) is 63.5 Å². The maximum absolute atomic E-state index is 13.7. The third-order valence-electron chi connectivity index (χ3n) is 3.78. The molecule has 0 radical (unpaired) electrons. The molecule has 1 unspecified atom stereocenters. The van der Waals surface area contributed by atoms with Crippen LogP contribution in [0.25, 0.3) is 0 Å². The number of nitrogens with one attached hydrogen (secondary N) is 2. The number of benzene rings is 1. The van der Waals surface area contributed by atoms with Gasteiger partial charge in [0.15, 0.2) is 17.5 Å². The molecule has 0 saturated carbocycles. The largest absolute Gasteiger partial charge is 0.485 e. The zero-order valence-electron chi connectivity index (χ0n) is 16.1. The van der Waals surface area contributed by atoms with Crippen molar-refractivity contribution in [2.24, 2.45) is 4.99 Å². The SMILES string of the molecule is CCNC(=NCC(CC)Oc1ccccc1F)NCCn1cc(C)cn1.I. The first-order valence-corrected chi connectivity index (χ1v) is 9.04. The van der Waals surface area contributed by atoms with Gasteiger partial charge >= 0.3 is 0 Å². The van der Waals surface area contributed by atoms with Crippen LogP contribution in [0.5, 0.6) is 5.75 Å². The van der Waals surface area contributed by atoms with Crippen LogP contribution in [-0.2, 0) is 6.54 Å². The molecule has 1 aromatic heterocycles. The molecule has 2 N–H and O–H groups in total. The first-order valence-electron chi connectivity index (χ1n) is 9.04. The van der Waals surface area contributed by atoms with E-state index in [9.17, 15) is 4.39 Å². The molecular formula is C19H29FIN5O. The highest BCUT2D eigenvalue weighted by Crippen LogP contribution is 2.18. The van der Waals surface area contributed by atoms with E-state index in [2.05, 4.69) is 20.7 Å². The molecule has 0 aliphatic carbocycles. The number of para-hydroxylation sites is 1. The van der Waals surface area contributed by atoms with Gasteiger partial charge in [-0.25, -0.2) is 9.38 Å². The summed E-state index contributed by atoms with van der Waals surface area (Å²) < 4.78 is 21.4. The van der Waals surface area contributed by atoms with Crippen molar-refractivity contribution in [3.05, 3.63) is 48.0 Å². The van der Waals surface area contributed by atoms with Gasteiger partial charge in [-0.15, -0.1) is 24.0 Å². The van der Waals surface area contributed by atoms with E-state index in [0.717, 1.165) is 25.1 Å². The molecule has 0 aliphatic heterocycles. The molecule has 0 bridgehead atoms. The summed E-state index contributed by atoms with van der Waals surface area (Å²) >= 11 is 0. The Labute approximate surface area is 177 Å². The molecule has 1 atom stereocenters. The minimum Gasteiger partial charge on any atom is -0.485 e. The maximum Gasteiger partial charge on any atom is 0.191 e. The molecule has 0 fully saturated rings. The summed E-state index contributed by atoms with van der Waals surface area (Å²) in [6.45, 7) is 8.70. The number of nitrogens with zero attached hydrogens (tertiary/aromatic N) is 3. The zero-order valence-corrected chi connectivity index (χ0v) is 18.4. The second-order valence-electron chi connectivity index (χ2n) is 6.01. The lowest BCUT2D eigenvalue weighted by atomic mass is 10.2. The van der Waals surface area contributed by atoms with Crippen LogP contribution in [0, 0.1) is 12.7 Å². The summed E-state index contributed by atoms with van der Waals surface area (Å²) in [5, 5.41) is 10.8. The second kappa shape index (κ2) is 12.5. The number of hydrogen-bond acceptors (Lipinski definition) is 3. The quantitative estimate of drug-likeness (QED) is 0.322. The van der Waals surface area contributed by atoms with Crippen LogP contribution in [-0.4, -0.2) is 41.5 Å². The van der Waals surface area contributed by atoms with Crippen LogP contribution in [0.1, 0.15) is 25.8 Å². The van der Waals surface area contributed by atoms with Crippen LogP contribution in [0.2, 0.25) is 0 Å². The van der Waals surface area contributed by atoms with Gasteiger partial charge in [-0.3, -0.25) is 4.68 Å². The van der Waals surface area contributed by atoms with Gasteiger partial charge in [0.05, 0.1) is 19.3 Å². The number of halogens is 2. The Morgan fingerprint density at radius 3 is 2.70 bits per heavy atom. The predicted molar refractivity (Wildman–Crippen MR) is 117 cm³/mol. The van der Waals surface area contributed by atoms with Gasteiger partial charge in [-0.05, 0) is 38.0 Å². The van der Waals surface area contributed by atoms with Gasteiger partial charge in [0, 0.05) is 19.3 Å². The van der Waals surface area contributed by atoms with E-state index in [1.54, 1.807) is 18.2 Å². The van der Waals surface area contributed by atoms with Crippen molar-refractivity contribution >= 4 is 29.9 Å². The Morgan fingerprint density at radius 1 is 1.30 bits per heavy atom. The van der Waals surface area contributed by atoms with Crippen molar-refractivity contribution in [3.63, 3.8) is 0 Å². The smallest absolute Gasteiger partial charge is 0.191 e. The van der Waals surface area contributed by atoms with Crippen LogP contribution in [0.4, 0.5) is 4.39 Å². The number of aliphatic imine (C=N–C) groups is 1. The van der Waals surface area contributed by atoms with E-state index in [-0.39, 0.29) is 41.6 Å². The standard InChI is InChI=1S/C19H28FN5O.HI/c1-4-16(26-18-9-7-6-8-17(18)20)13-23-19(21-5-2)22-10-11-25-14-15(3)12-24-25;/h6-9,12,14,16H,4-5,10-11,13H2,1-3H3,(H2,21,22,23);1H. The molecule has 2 aromatic rings. The third kappa shape index (κ3) is 8.15. The van der Waals surface area contributed by atoms with E-state index >= 15 is 0 Å². The van der Waals surface area contributed by atoms with Crippen LogP contribution < -0.4 is 15.4 Å². The first-order chi connectivity index (χ1) is 12.6. The number of aryl methyl sites for hydroxylation is 1. The van der Waals surface area contributed by atoms with Crippen molar-refractivity contribution in [1.29, 1.82) is 0 Å². The predicted octanol–water partition coefficient (Wildman–Crippen LogP) is 3.36. The Morgan fingerprint density at radius 2 is 2.07 bits per heavy atom. The normalized spacial score (nSPS) is 12.2. The Hall–Kier alpha value is -1.84. The number of guanidine groups is 1. The van der Waals surface area contributed by atoms with Gasteiger partial charge in [-0.2, -0.15) is 5.10 Å². The van der Waals surface area contributed by atoms with Gasteiger partial charge in [-0.1, -0.05) is 19.1 Å². The average Bonchev–Trinajstić information content (AvgIpc) is 3.05. The monoisotopic (exact) mass is 489 g/mol. The summed E-state index contributed by atoms with van der Waals surface area (Å²) in [4.78, 5) is 4.56. The molecule has 0 aliphatic rings. The lowest BCUT2D eigenvalue weighted by molar-refractivity contribution is 0.196. The number of rotatable bonds is 9. The molecule has 1 heterocycles. The second-order valence-corrected chi connectivity index (χ2v) is 6.01. The molecule has 6 nitrogen and oxygen atoms in total. The molecule has 1 aromatic carbocycles.